The molecule has 0 spiro atoms. The van der Waals surface area contributed by atoms with Crippen molar-refractivity contribution in [3.8, 4) is 11.1 Å². The summed E-state index contributed by atoms with van der Waals surface area (Å²) in [6.07, 6.45) is -0.433. The molecule has 2 aromatic carbocycles. The van der Waals surface area contributed by atoms with Crippen LogP contribution in [0, 0.1) is 11.3 Å². The Morgan fingerprint density at radius 2 is 1.59 bits per heavy atom. The number of fused-ring (bicyclic) bond motifs is 3. The molecule has 4 heteroatoms. The smallest absolute Gasteiger partial charge is 0.407 e. The van der Waals surface area contributed by atoms with Gasteiger partial charge in [-0.1, -0.05) is 76.2 Å². The third-order valence-corrected chi connectivity index (χ3v) is 5.53. The van der Waals surface area contributed by atoms with Crippen molar-refractivity contribution in [1.29, 1.82) is 0 Å². The van der Waals surface area contributed by atoms with Crippen LogP contribution in [-0.2, 0) is 4.74 Å². The molecule has 0 saturated heterocycles. The summed E-state index contributed by atoms with van der Waals surface area (Å²) >= 11 is 0. The van der Waals surface area contributed by atoms with E-state index in [1.54, 1.807) is 0 Å². The Labute approximate surface area is 161 Å². The van der Waals surface area contributed by atoms with Crippen molar-refractivity contribution in [1.82, 2.24) is 5.32 Å². The molecule has 0 aliphatic heterocycles. The summed E-state index contributed by atoms with van der Waals surface area (Å²) in [6.45, 7) is 8.25. The quantitative estimate of drug-likeness (QED) is 0.786. The zero-order valence-electron chi connectivity index (χ0n) is 16.5. The fourth-order valence-electron chi connectivity index (χ4n) is 4.13. The van der Waals surface area contributed by atoms with Gasteiger partial charge in [0.2, 0.25) is 0 Å². The van der Waals surface area contributed by atoms with Gasteiger partial charge in [0.1, 0.15) is 6.61 Å². The van der Waals surface area contributed by atoms with Crippen molar-refractivity contribution in [2.24, 2.45) is 11.3 Å². The molecule has 144 valence electrons. The zero-order valence-corrected chi connectivity index (χ0v) is 16.5. The number of nitrogens with one attached hydrogen (secondary N) is 1. The number of hydrogen-bond acceptors (Lipinski definition) is 3. The molecule has 1 aliphatic carbocycles. The van der Waals surface area contributed by atoms with E-state index in [1.165, 1.54) is 22.3 Å². The molecule has 1 unspecified atom stereocenters. The molecule has 1 aliphatic rings. The standard InChI is InChI=1S/C23H29NO3/c1-15(2)21(23(3,4)14-25)24-22(26)27-13-20-18-11-7-5-9-16(18)17-10-6-8-12-19(17)20/h5-12,15,20-21,25H,13-14H2,1-4H3,(H,24,26). The van der Waals surface area contributed by atoms with Gasteiger partial charge >= 0.3 is 6.09 Å². The van der Waals surface area contributed by atoms with Crippen LogP contribution < -0.4 is 5.32 Å². The van der Waals surface area contributed by atoms with Crippen LogP contribution >= 0.6 is 0 Å². The van der Waals surface area contributed by atoms with Crippen LogP contribution in [0.15, 0.2) is 48.5 Å². The second kappa shape index (κ2) is 7.73. The normalized spacial score (nSPS) is 14.6. The van der Waals surface area contributed by atoms with Crippen LogP contribution in [0.4, 0.5) is 4.79 Å². The highest BCUT2D eigenvalue weighted by Gasteiger charge is 2.34. The van der Waals surface area contributed by atoms with Gasteiger partial charge in [0.15, 0.2) is 0 Å². The number of hydrogen-bond donors (Lipinski definition) is 2. The van der Waals surface area contributed by atoms with Gasteiger partial charge in [0, 0.05) is 17.4 Å². The largest absolute Gasteiger partial charge is 0.449 e. The summed E-state index contributed by atoms with van der Waals surface area (Å²) in [6, 6.07) is 16.4. The maximum Gasteiger partial charge on any atom is 0.407 e. The zero-order chi connectivity index (χ0) is 19.6. The second-order valence-electron chi connectivity index (χ2n) is 8.34. The van der Waals surface area contributed by atoms with Crippen LogP contribution in [0.5, 0.6) is 0 Å². The first-order valence-electron chi connectivity index (χ1n) is 9.57. The highest BCUT2D eigenvalue weighted by molar-refractivity contribution is 5.79. The van der Waals surface area contributed by atoms with E-state index >= 15 is 0 Å². The summed E-state index contributed by atoms with van der Waals surface area (Å²) in [5.74, 6) is 0.235. The Kier molecular flexibility index (Phi) is 5.56. The fourth-order valence-corrected chi connectivity index (χ4v) is 4.13. The molecule has 0 radical (unpaired) electrons. The van der Waals surface area contributed by atoms with Gasteiger partial charge in [-0.25, -0.2) is 4.79 Å². The SMILES string of the molecule is CC(C)C(NC(=O)OCC1c2ccccc2-c2ccccc21)C(C)(C)CO. The lowest BCUT2D eigenvalue weighted by molar-refractivity contribution is 0.0802. The van der Waals surface area contributed by atoms with Crippen LogP contribution in [0.3, 0.4) is 0 Å². The average molecular weight is 367 g/mol. The van der Waals surface area contributed by atoms with Crippen LogP contribution in [0.25, 0.3) is 11.1 Å². The minimum atomic E-state index is -0.433. The van der Waals surface area contributed by atoms with Crippen molar-refractivity contribution in [3.63, 3.8) is 0 Å². The lowest BCUT2D eigenvalue weighted by Crippen LogP contribution is -2.50. The van der Waals surface area contributed by atoms with E-state index in [1.807, 2.05) is 52.0 Å². The molecule has 1 atom stereocenters. The molecular formula is C23H29NO3. The van der Waals surface area contributed by atoms with Gasteiger partial charge in [0.25, 0.3) is 0 Å². The second-order valence-corrected chi connectivity index (χ2v) is 8.34. The Morgan fingerprint density at radius 1 is 1.07 bits per heavy atom. The minimum absolute atomic E-state index is 0.000494. The predicted molar refractivity (Wildman–Crippen MR) is 108 cm³/mol. The van der Waals surface area contributed by atoms with Crippen molar-refractivity contribution < 1.29 is 14.6 Å². The molecule has 2 N–H and O–H groups in total. The summed E-state index contributed by atoms with van der Waals surface area (Å²) in [5.41, 5.74) is 4.40. The summed E-state index contributed by atoms with van der Waals surface area (Å²) in [5, 5.41) is 12.6. The lowest BCUT2D eigenvalue weighted by Gasteiger charge is -2.35. The molecule has 0 heterocycles. The van der Waals surface area contributed by atoms with E-state index in [2.05, 4.69) is 29.6 Å². The molecule has 0 saturated carbocycles. The van der Waals surface area contributed by atoms with E-state index in [4.69, 9.17) is 4.74 Å². The Balaban J connectivity index is 1.72. The van der Waals surface area contributed by atoms with Gasteiger partial charge in [-0.2, -0.15) is 0 Å². The monoisotopic (exact) mass is 367 g/mol. The van der Waals surface area contributed by atoms with Gasteiger partial charge in [-0.3, -0.25) is 0 Å². The lowest BCUT2D eigenvalue weighted by atomic mass is 9.79. The average Bonchev–Trinajstić information content (AvgIpc) is 2.98. The molecule has 0 bridgehead atoms. The molecule has 27 heavy (non-hydrogen) atoms. The number of alkyl carbamates (subject to hydrolysis) is 1. The van der Waals surface area contributed by atoms with E-state index in [-0.39, 0.29) is 24.5 Å². The molecular weight excluding hydrogens is 338 g/mol. The minimum Gasteiger partial charge on any atom is -0.449 e. The van der Waals surface area contributed by atoms with E-state index < -0.39 is 11.5 Å². The van der Waals surface area contributed by atoms with E-state index in [0.29, 0.717) is 6.61 Å². The van der Waals surface area contributed by atoms with Crippen LogP contribution in [0.2, 0.25) is 0 Å². The molecule has 4 nitrogen and oxygen atoms in total. The summed E-state index contributed by atoms with van der Waals surface area (Å²) in [4.78, 5) is 12.5. The van der Waals surface area contributed by atoms with Crippen LogP contribution in [-0.4, -0.2) is 30.5 Å². The van der Waals surface area contributed by atoms with Crippen molar-refractivity contribution in [2.75, 3.05) is 13.2 Å². The molecule has 0 aromatic heterocycles. The topological polar surface area (TPSA) is 58.6 Å². The Bertz CT molecular complexity index is 767. The molecule has 1 amide bonds. The number of carbonyl (C=O) groups is 1. The Hall–Kier alpha value is -2.33. The highest BCUT2D eigenvalue weighted by Crippen LogP contribution is 2.44. The van der Waals surface area contributed by atoms with E-state index in [9.17, 15) is 9.90 Å². The highest BCUT2D eigenvalue weighted by atomic mass is 16.5. The van der Waals surface area contributed by atoms with Gasteiger partial charge in [-0.05, 0) is 28.2 Å². The number of carbonyl (C=O) groups excluding carboxylic acids is 1. The van der Waals surface area contributed by atoms with Crippen molar-refractivity contribution in [2.45, 2.75) is 39.7 Å². The first-order valence-corrected chi connectivity index (χ1v) is 9.57. The van der Waals surface area contributed by atoms with Crippen molar-refractivity contribution >= 4 is 6.09 Å². The van der Waals surface area contributed by atoms with E-state index in [0.717, 1.165) is 0 Å². The number of aliphatic hydroxyl groups is 1. The molecule has 0 fully saturated rings. The maximum absolute atomic E-state index is 12.5. The Morgan fingerprint density at radius 3 is 2.07 bits per heavy atom. The van der Waals surface area contributed by atoms with Gasteiger partial charge in [0.05, 0.1) is 6.61 Å². The fraction of sp³-hybridized carbons (Fsp3) is 0.435. The first kappa shape index (κ1) is 19.4. The number of aliphatic hydroxyl groups excluding tert-OH is 1. The van der Waals surface area contributed by atoms with Crippen LogP contribution in [0.1, 0.15) is 44.7 Å². The number of amides is 1. The third-order valence-electron chi connectivity index (χ3n) is 5.53. The van der Waals surface area contributed by atoms with Gasteiger partial charge in [-0.15, -0.1) is 0 Å². The summed E-state index contributed by atoms with van der Waals surface area (Å²) < 4.78 is 5.63. The molecule has 3 rings (SSSR count). The number of ether oxygens (including phenoxy) is 1. The summed E-state index contributed by atoms with van der Waals surface area (Å²) in [7, 11) is 0. The predicted octanol–water partition coefficient (Wildman–Crippen LogP) is 4.57. The first-order chi connectivity index (χ1) is 12.8. The molecule has 2 aromatic rings. The maximum atomic E-state index is 12.5. The van der Waals surface area contributed by atoms with Crippen molar-refractivity contribution in [3.05, 3.63) is 59.7 Å². The van der Waals surface area contributed by atoms with Gasteiger partial charge < -0.3 is 15.2 Å². The number of benzene rings is 2. The third kappa shape index (κ3) is 3.86. The number of rotatable bonds is 6.